The van der Waals surface area contributed by atoms with Crippen LogP contribution in [0, 0.1) is 0 Å². The summed E-state index contributed by atoms with van der Waals surface area (Å²) in [4.78, 5) is 12.0. The van der Waals surface area contributed by atoms with Crippen molar-refractivity contribution < 1.29 is 14.3 Å². The second-order valence-corrected chi connectivity index (χ2v) is 4.86. The van der Waals surface area contributed by atoms with Crippen molar-refractivity contribution >= 4 is 34.8 Å². The third kappa shape index (κ3) is 3.51. The molecule has 104 valence electrons. The van der Waals surface area contributed by atoms with Crippen LogP contribution in [0.2, 0.25) is 10.0 Å². The number of ether oxygens (including phenoxy) is 2. The number of rotatable bonds is 3. The van der Waals surface area contributed by atoms with Crippen LogP contribution in [-0.4, -0.2) is 38.8 Å². The summed E-state index contributed by atoms with van der Waals surface area (Å²) in [5, 5.41) is 6.49. The molecule has 1 saturated heterocycles. The number of carbonyl (C=O) groups is 1. The van der Waals surface area contributed by atoms with Crippen LogP contribution < -0.4 is 15.4 Å². The smallest absolute Gasteiger partial charge is 0.243 e. The molecule has 1 aliphatic heterocycles. The third-order valence-corrected chi connectivity index (χ3v) is 3.27. The van der Waals surface area contributed by atoms with E-state index in [1.54, 1.807) is 12.1 Å². The molecule has 7 heteroatoms. The first-order chi connectivity index (χ1) is 9.11. The van der Waals surface area contributed by atoms with Crippen LogP contribution in [0.15, 0.2) is 12.1 Å². The molecule has 0 aliphatic carbocycles. The van der Waals surface area contributed by atoms with E-state index in [9.17, 15) is 4.79 Å². The Kier molecular flexibility index (Phi) is 4.87. The van der Waals surface area contributed by atoms with Gasteiger partial charge in [-0.25, -0.2) is 0 Å². The van der Waals surface area contributed by atoms with Crippen molar-refractivity contribution in [3.05, 3.63) is 22.2 Å². The normalized spacial score (nSPS) is 19.0. The molecular formula is C12H14Cl2N2O3. The van der Waals surface area contributed by atoms with Crippen LogP contribution >= 0.6 is 23.2 Å². The molecule has 1 unspecified atom stereocenters. The van der Waals surface area contributed by atoms with E-state index >= 15 is 0 Å². The summed E-state index contributed by atoms with van der Waals surface area (Å²) in [6.45, 7) is 1.62. The number of hydrogen-bond donors (Lipinski definition) is 2. The predicted octanol–water partition coefficient (Wildman–Crippen LogP) is 1.93. The molecule has 1 fully saturated rings. The fourth-order valence-electron chi connectivity index (χ4n) is 1.79. The molecule has 1 atom stereocenters. The molecule has 19 heavy (non-hydrogen) atoms. The number of methoxy groups -OCH3 is 1. The zero-order valence-electron chi connectivity index (χ0n) is 10.3. The summed E-state index contributed by atoms with van der Waals surface area (Å²) in [6, 6.07) is 2.82. The lowest BCUT2D eigenvalue weighted by Gasteiger charge is -2.23. The summed E-state index contributed by atoms with van der Waals surface area (Å²) in [6.07, 6.45) is 0. The molecule has 2 N–H and O–H groups in total. The Labute approximate surface area is 121 Å². The van der Waals surface area contributed by atoms with Gasteiger partial charge in [-0.2, -0.15) is 0 Å². The van der Waals surface area contributed by atoms with Gasteiger partial charge in [-0.15, -0.1) is 0 Å². The molecule has 5 nitrogen and oxygen atoms in total. The van der Waals surface area contributed by atoms with Crippen LogP contribution in [0.25, 0.3) is 0 Å². The number of anilines is 1. The number of morpholine rings is 1. The first-order valence-corrected chi connectivity index (χ1v) is 6.52. The van der Waals surface area contributed by atoms with Crippen molar-refractivity contribution in [2.75, 3.05) is 32.2 Å². The van der Waals surface area contributed by atoms with Crippen LogP contribution in [0.1, 0.15) is 0 Å². The first-order valence-electron chi connectivity index (χ1n) is 5.77. The van der Waals surface area contributed by atoms with Gasteiger partial charge in [0.15, 0.2) is 5.75 Å². The highest BCUT2D eigenvalue weighted by Crippen LogP contribution is 2.35. The second-order valence-electron chi connectivity index (χ2n) is 4.04. The van der Waals surface area contributed by atoms with Crippen LogP contribution in [0.3, 0.4) is 0 Å². The average Bonchev–Trinajstić information content (AvgIpc) is 2.39. The SMILES string of the molecule is COc1c(Cl)cc(NC(=O)C2COCCN2)cc1Cl. The topological polar surface area (TPSA) is 59.6 Å². The number of benzene rings is 1. The van der Waals surface area contributed by atoms with Crippen LogP contribution in [0.4, 0.5) is 5.69 Å². The van der Waals surface area contributed by atoms with Gasteiger partial charge in [0.05, 0.1) is 30.4 Å². The van der Waals surface area contributed by atoms with E-state index in [-0.39, 0.29) is 11.9 Å². The molecule has 0 aromatic heterocycles. The predicted molar refractivity (Wildman–Crippen MR) is 74.3 cm³/mol. The lowest BCUT2D eigenvalue weighted by molar-refractivity contribution is -0.120. The largest absolute Gasteiger partial charge is 0.494 e. The van der Waals surface area contributed by atoms with E-state index in [1.807, 2.05) is 0 Å². The van der Waals surface area contributed by atoms with Gasteiger partial charge in [0, 0.05) is 12.2 Å². The lowest BCUT2D eigenvalue weighted by atomic mass is 10.2. The zero-order valence-corrected chi connectivity index (χ0v) is 11.8. The van der Waals surface area contributed by atoms with Gasteiger partial charge < -0.3 is 20.1 Å². The Morgan fingerprint density at radius 3 is 2.68 bits per heavy atom. The molecule has 0 bridgehead atoms. The fourth-order valence-corrected chi connectivity index (χ4v) is 2.43. The average molecular weight is 305 g/mol. The fraction of sp³-hybridized carbons (Fsp3) is 0.417. The van der Waals surface area contributed by atoms with Crippen LogP contribution in [0.5, 0.6) is 5.75 Å². The highest BCUT2D eigenvalue weighted by atomic mass is 35.5. The number of amides is 1. The summed E-state index contributed by atoms with van der Waals surface area (Å²) in [5.74, 6) is 0.206. The maximum absolute atomic E-state index is 12.0. The van der Waals surface area contributed by atoms with E-state index in [4.69, 9.17) is 32.7 Å². The molecule has 1 aliphatic rings. The summed E-state index contributed by atoms with van der Waals surface area (Å²) < 4.78 is 10.3. The quantitative estimate of drug-likeness (QED) is 0.896. The molecule has 2 rings (SSSR count). The monoisotopic (exact) mass is 304 g/mol. The summed E-state index contributed by atoms with van der Waals surface area (Å²) >= 11 is 12.0. The molecule has 1 aromatic carbocycles. The van der Waals surface area contributed by atoms with Gasteiger partial charge in [0.2, 0.25) is 5.91 Å². The zero-order chi connectivity index (χ0) is 13.8. The minimum Gasteiger partial charge on any atom is -0.494 e. The highest BCUT2D eigenvalue weighted by Gasteiger charge is 2.21. The molecule has 1 heterocycles. The molecule has 0 spiro atoms. The van der Waals surface area contributed by atoms with Crippen molar-refractivity contribution in [2.24, 2.45) is 0 Å². The first kappa shape index (κ1) is 14.4. The van der Waals surface area contributed by atoms with Crippen LogP contribution in [-0.2, 0) is 9.53 Å². The van der Waals surface area contributed by atoms with Gasteiger partial charge >= 0.3 is 0 Å². The lowest BCUT2D eigenvalue weighted by Crippen LogP contribution is -2.48. The van der Waals surface area contributed by atoms with Gasteiger partial charge in [0.1, 0.15) is 6.04 Å². The summed E-state index contributed by atoms with van der Waals surface area (Å²) in [7, 11) is 1.48. The maximum atomic E-state index is 12.0. The molecule has 0 saturated carbocycles. The van der Waals surface area contributed by atoms with Gasteiger partial charge in [0.25, 0.3) is 0 Å². The highest BCUT2D eigenvalue weighted by molar-refractivity contribution is 6.37. The van der Waals surface area contributed by atoms with Gasteiger partial charge in [-0.3, -0.25) is 4.79 Å². The Morgan fingerprint density at radius 2 is 2.16 bits per heavy atom. The van der Waals surface area contributed by atoms with E-state index < -0.39 is 0 Å². The van der Waals surface area contributed by atoms with E-state index in [0.717, 1.165) is 0 Å². The molecular weight excluding hydrogens is 291 g/mol. The van der Waals surface area contributed by atoms with Crippen molar-refractivity contribution in [1.29, 1.82) is 0 Å². The second kappa shape index (κ2) is 6.43. The number of hydrogen-bond acceptors (Lipinski definition) is 4. The van der Waals surface area contributed by atoms with Gasteiger partial charge in [-0.05, 0) is 12.1 Å². The third-order valence-electron chi connectivity index (χ3n) is 2.71. The minimum atomic E-state index is -0.367. The maximum Gasteiger partial charge on any atom is 0.243 e. The van der Waals surface area contributed by atoms with Crippen molar-refractivity contribution in [3.63, 3.8) is 0 Å². The van der Waals surface area contributed by atoms with Crippen molar-refractivity contribution in [1.82, 2.24) is 5.32 Å². The Morgan fingerprint density at radius 1 is 1.47 bits per heavy atom. The number of nitrogens with one attached hydrogen (secondary N) is 2. The Bertz CT molecular complexity index is 453. The van der Waals surface area contributed by atoms with Gasteiger partial charge in [-0.1, -0.05) is 23.2 Å². The van der Waals surface area contributed by atoms with Crippen molar-refractivity contribution in [2.45, 2.75) is 6.04 Å². The Balaban J connectivity index is 2.08. The minimum absolute atomic E-state index is 0.183. The molecule has 1 aromatic rings. The molecule has 1 amide bonds. The number of halogens is 2. The van der Waals surface area contributed by atoms with E-state index in [0.29, 0.717) is 41.2 Å². The molecule has 0 radical (unpaired) electrons. The standard InChI is InChI=1S/C12H14Cl2N2O3/c1-18-11-8(13)4-7(5-9(11)14)16-12(17)10-6-19-3-2-15-10/h4-5,10,15H,2-3,6H2,1H3,(H,16,17). The van der Waals surface area contributed by atoms with Crippen molar-refractivity contribution in [3.8, 4) is 5.75 Å². The number of carbonyl (C=O) groups excluding carboxylic acids is 1. The Hall–Kier alpha value is -1.01. The summed E-state index contributed by atoms with van der Waals surface area (Å²) in [5.41, 5.74) is 0.521. The van der Waals surface area contributed by atoms with E-state index in [1.165, 1.54) is 7.11 Å². The van der Waals surface area contributed by atoms with E-state index in [2.05, 4.69) is 10.6 Å².